The van der Waals surface area contributed by atoms with Crippen molar-refractivity contribution in [3.8, 4) is 11.1 Å². The van der Waals surface area contributed by atoms with E-state index in [1.54, 1.807) is 11.0 Å². The van der Waals surface area contributed by atoms with Gasteiger partial charge in [0.25, 0.3) is 0 Å². The number of benzene rings is 2. The van der Waals surface area contributed by atoms with Gasteiger partial charge in [-0.2, -0.15) is 0 Å². The topological polar surface area (TPSA) is 59.1 Å². The van der Waals surface area contributed by atoms with E-state index >= 15 is 0 Å². The highest BCUT2D eigenvalue weighted by Crippen LogP contribution is 2.38. The fourth-order valence-corrected chi connectivity index (χ4v) is 4.71. The first-order valence-corrected chi connectivity index (χ1v) is 12.2. The Morgan fingerprint density at radius 1 is 1.12 bits per heavy atom. The molecule has 1 heterocycles. The Bertz CT molecular complexity index is 1040. The van der Waals surface area contributed by atoms with Crippen LogP contribution in [0.2, 0.25) is 5.02 Å². The van der Waals surface area contributed by atoms with Crippen molar-refractivity contribution in [3.05, 3.63) is 52.5 Å². The number of nitrogens with zero attached hydrogens (tertiary/aromatic N) is 2. The molecule has 0 aromatic heterocycles. The predicted octanol–water partition coefficient (Wildman–Crippen LogP) is 6.33. The van der Waals surface area contributed by atoms with E-state index in [1.165, 1.54) is 7.11 Å². The van der Waals surface area contributed by atoms with Gasteiger partial charge in [0.15, 0.2) is 0 Å². The second-order valence-corrected chi connectivity index (χ2v) is 10.1. The summed E-state index contributed by atoms with van der Waals surface area (Å²) in [7, 11) is 1.39. The summed E-state index contributed by atoms with van der Waals surface area (Å²) in [6.07, 6.45) is 1.41. The fraction of sp³-hybridized carbons (Fsp3) is 0.481. The number of esters is 1. The molecule has 1 amide bonds. The van der Waals surface area contributed by atoms with Gasteiger partial charge in [0.2, 0.25) is 0 Å². The monoisotopic (exact) mass is 486 g/mol. The van der Waals surface area contributed by atoms with Crippen LogP contribution in [0, 0.1) is 6.92 Å². The van der Waals surface area contributed by atoms with Gasteiger partial charge in [-0.25, -0.2) is 9.59 Å². The van der Waals surface area contributed by atoms with E-state index in [-0.39, 0.29) is 18.1 Å². The maximum Gasteiger partial charge on any atom is 0.410 e. The number of ether oxygens (including phenoxy) is 2. The molecule has 1 fully saturated rings. The number of likely N-dealkylation sites (tertiary alicyclic amines) is 1. The van der Waals surface area contributed by atoms with Crippen LogP contribution >= 0.6 is 11.6 Å². The van der Waals surface area contributed by atoms with Crippen molar-refractivity contribution in [2.75, 3.05) is 31.6 Å². The number of rotatable bonds is 5. The summed E-state index contributed by atoms with van der Waals surface area (Å²) in [5.41, 5.74) is 3.93. The van der Waals surface area contributed by atoms with Crippen molar-refractivity contribution in [2.24, 2.45) is 0 Å². The molecule has 1 aliphatic heterocycles. The first kappa shape index (κ1) is 25.9. The summed E-state index contributed by atoms with van der Waals surface area (Å²) in [5.74, 6) is -0.350. The molecule has 0 unspecified atom stereocenters. The van der Waals surface area contributed by atoms with Crippen molar-refractivity contribution in [2.45, 2.75) is 59.1 Å². The van der Waals surface area contributed by atoms with Gasteiger partial charge < -0.3 is 19.3 Å². The van der Waals surface area contributed by atoms with Crippen LogP contribution < -0.4 is 4.90 Å². The second-order valence-electron chi connectivity index (χ2n) is 9.62. The first-order chi connectivity index (χ1) is 16.1. The SMILES string of the molecule is CCN(c1cc(Cl)ccc1-c1cccc(C(=O)OC)c1C)C1CCN(C(=O)OC(C)(C)C)CC1. The minimum absolute atomic E-state index is 0.255. The summed E-state index contributed by atoms with van der Waals surface area (Å²) in [5, 5.41) is 0.658. The van der Waals surface area contributed by atoms with Crippen LogP contribution in [0.25, 0.3) is 11.1 Å². The molecule has 0 spiro atoms. The molecule has 1 aliphatic rings. The Morgan fingerprint density at radius 3 is 2.38 bits per heavy atom. The Balaban J connectivity index is 1.90. The summed E-state index contributed by atoms with van der Waals surface area (Å²) in [4.78, 5) is 28.9. The van der Waals surface area contributed by atoms with Crippen LogP contribution in [0.15, 0.2) is 36.4 Å². The second kappa shape index (κ2) is 10.7. The molecule has 34 heavy (non-hydrogen) atoms. The lowest BCUT2D eigenvalue weighted by Gasteiger charge is -2.40. The number of anilines is 1. The number of piperidine rings is 1. The van der Waals surface area contributed by atoms with Crippen molar-refractivity contribution in [3.63, 3.8) is 0 Å². The molecule has 0 bridgehead atoms. The maximum atomic E-state index is 12.5. The van der Waals surface area contributed by atoms with Crippen molar-refractivity contribution < 1.29 is 19.1 Å². The quantitative estimate of drug-likeness (QED) is 0.462. The zero-order valence-electron chi connectivity index (χ0n) is 21.0. The number of hydrogen-bond donors (Lipinski definition) is 0. The van der Waals surface area contributed by atoms with Crippen molar-refractivity contribution in [1.29, 1.82) is 0 Å². The average molecular weight is 487 g/mol. The van der Waals surface area contributed by atoms with Gasteiger partial charge in [0.1, 0.15) is 5.60 Å². The Morgan fingerprint density at radius 2 is 1.79 bits per heavy atom. The third-order valence-electron chi connectivity index (χ3n) is 6.20. The molecule has 1 saturated heterocycles. The third-order valence-corrected chi connectivity index (χ3v) is 6.43. The van der Waals surface area contributed by atoms with Crippen LogP contribution in [-0.2, 0) is 9.47 Å². The van der Waals surface area contributed by atoms with E-state index in [2.05, 4.69) is 11.8 Å². The zero-order chi connectivity index (χ0) is 25.0. The fourth-order valence-electron chi connectivity index (χ4n) is 4.54. The summed E-state index contributed by atoms with van der Waals surface area (Å²) in [6, 6.07) is 11.8. The van der Waals surface area contributed by atoms with E-state index in [4.69, 9.17) is 21.1 Å². The van der Waals surface area contributed by atoms with Gasteiger partial charge in [0, 0.05) is 41.9 Å². The van der Waals surface area contributed by atoms with Gasteiger partial charge in [-0.3, -0.25) is 0 Å². The lowest BCUT2D eigenvalue weighted by Crippen LogP contribution is -2.48. The van der Waals surface area contributed by atoms with Gasteiger partial charge >= 0.3 is 12.1 Å². The van der Waals surface area contributed by atoms with Gasteiger partial charge in [-0.15, -0.1) is 0 Å². The predicted molar refractivity (Wildman–Crippen MR) is 137 cm³/mol. The number of methoxy groups -OCH3 is 1. The molecule has 184 valence electrons. The molecule has 0 atom stereocenters. The number of amides is 1. The number of halogens is 1. The van der Waals surface area contributed by atoms with Crippen LogP contribution in [0.3, 0.4) is 0 Å². The smallest absolute Gasteiger partial charge is 0.410 e. The number of hydrogen-bond acceptors (Lipinski definition) is 5. The molecule has 7 heteroatoms. The van der Waals surface area contributed by atoms with Crippen LogP contribution in [0.1, 0.15) is 56.5 Å². The molecular weight excluding hydrogens is 452 g/mol. The van der Waals surface area contributed by atoms with Gasteiger partial charge in [-0.05, 0) is 76.8 Å². The minimum Gasteiger partial charge on any atom is -0.465 e. The normalized spacial score (nSPS) is 14.6. The van der Waals surface area contributed by atoms with E-state index in [0.29, 0.717) is 23.7 Å². The number of carbonyl (C=O) groups is 2. The molecule has 3 rings (SSSR count). The molecule has 0 aliphatic carbocycles. The largest absolute Gasteiger partial charge is 0.465 e. The van der Waals surface area contributed by atoms with Gasteiger partial charge in [0.05, 0.1) is 12.7 Å². The summed E-state index contributed by atoms with van der Waals surface area (Å²) < 4.78 is 10.5. The standard InChI is InChI=1S/C27H35ClN2O4/c1-7-30(20-13-15-29(16-14-20)26(32)34-27(3,4)5)24-17-19(28)11-12-23(24)21-9-8-10-22(18(21)2)25(31)33-6/h8-12,17,20H,7,13-16H2,1-6H3. The van der Waals surface area contributed by atoms with E-state index < -0.39 is 5.60 Å². The van der Waals surface area contributed by atoms with Crippen LogP contribution in [0.5, 0.6) is 0 Å². The molecule has 2 aromatic rings. The summed E-state index contributed by atoms with van der Waals surface area (Å²) >= 11 is 6.44. The Hall–Kier alpha value is -2.73. The lowest BCUT2D eigenvalue weighted by molar-refractivity contribution is 0.0204. The number of carbonyl (C=O) groups excluding carboxylic acids is 2. The lowest BCUT2D eigenvalue weighted by atomic mass is 9.93. The van der Waals surface area contributed by atoms with Crippen LogP contribution in [0.4, 0.5) is 10.5 Å². The molecule has 0 N–H and O–H groups in total. The Kier molecular flexibility index (Phi) is 8.13. The van der Waals surface area contributed by atoms with E-state index in [0.717, 1.165) is 41.8 Å². The molecular formula is C27H35ClN2O4. The maximum absolute atomic E-state index is 12.5. The minimum atomic E-state index is -0.504. The third kappa shape index (κ3) is 5.84. The highest BCUT2D eigenvalue weighted by atomic mass is 35.5. The highest BCUT2D eigenvalue weighted by Gasteiger charge is 2.30. The molecule has 0 saturated carbocycles. The molecule has 2 aromatic carbocycles. The van der Waals surface area contributed by atoms with Crippen molar-refractivity contribution >= 4 is 29.4 Å². The first-order valence-electron chi connectivity index (χ1n) is 11.8. The molecule has 6 nitrogen and oxygen atoms in total. The van der Waals surface area contributed by atoms with Crippen LogP contribution in [-0.4, -0.2) is 55.3 Å². The van der Waals surface area contributed by atoms with E-state index in [1.807, 2.05) is 58.0 Å². The van der Waals surface area contributed by atoms with Gasteiger partial charge in [-0.1, -0.05) is 29.8 Å². The van der Waals surface area contributed by atoms with Crippen molar-refractivity contribution in [1.82, 2.24) is 4.90 Å². The molecule has 0 radical (unpaired) electrons. The Labute approximate surface area is 207 Å². The van der Waals surface area contributed by atoms with E-state index in [9.17, 15) is 9.59 Å². The zero-order valence-corrected chi connectivity index (χ0v) is 21.7. The average Bonchev–Trinajstić information content (AvgIpc) is 2.79. The highest BCUT2D eigenvalue weighted by molar-refractivity contribution is 6.31. The summed E-state index contributed by atoms with van der Waals surface area (Å²) in [6.45, 7) is 11.8.